The second kappa shape index (κ2) is 6.61. The third kappa shape index (κ3) is 3.61. The fourth-order valence-corrected chi connectivity index (χ4v) is 1.58. The van der Waals surface area contributed by atoms with Crippen molar-refractivity contribution in [1.82, 2.24) is 4.98 Å². The maximum atomic E-state index is 11.7. The van der Waals surface area contributed by atoms with E-state index in [4.69, 9.17) is 4.74 Å². The van der Waals surface area contributed by atoms with Gasteiger partial charge in [-0.25, -0.2) is 4.98 Å². The smallest absolute Gasteiger partial charge is 0.254 e. The molecule has 1 amide bonds. The third-order valence-electron chi connectivity index (χ3n) is 2.45. The van der Waals surface area contributed by atoms with E-state index in [9.17, 15) is 9.59 Å². The summed E-state index contributed by atoms with van der Waals surface area (Å²) in [4.78, 5) is 27.6. The number of amides is 1. The van der Waals surface area contributed by atoms with Crippen LogP contribution in [0.2, 0.25) is 0 Å². The average Bonchev–Trinajstić information content (AvgIpc) is 2.37. The van der Waals surface area contributed by atoms with Gasteiger partial charge in [0.2, 0.25) is 0 Å². The minimum absolute atomic E-state index is 0.0737. The monoisotopic (exact) mass is 314 g/mol. The highest BCUT2D eigenvalue weighted by Gasteiger charge is 2.17. The highest BCUT2D eigenvalue weighted by Crippen LogP contribution is 2.19. The Morgan fingerprint density at radius 1 is 1.50 bits per heavy atom. The van der Waals surface area contributed by atoms with Crippen molar-refractivity contribution in [2.45, 2.75) is 26.4 Å². The van der Waals surface area contributed by atoms with Crippen molar-refractivity contribution in [1.29, 1.82) is 0 Å². The zero-order valence-corrected chi connectivity index (χ0v) is 12.1. The standard InChI is InChI=1S/C12H15BrN2O3/c1-4-9(16)8-5-6-10(13)14-11(8)15-12(17)7(2)18-3/h5-7H,4H2,1-3H3,(H,14,15,17). The van der Waals surface area contributed by atoms with Gasteiger partial charge in [-0.15, -0.1) is 0 Å². The Kier molecular flexibility index (Phi) is 5.43. The van der Waals surface area contributed by atoms with Crippen molar-refractivity contribution in [3.8, 4) is 0 Å². The topological polar surface area (TPSA) is 68.3 Å². The number of halogens is 1. The first-order chi connectivity index (χ1) is 8.49. The Balaban J connectivity index is 3.03. The molecule has 1 heterocycles. The van der Waals surface area contributed by atoms with Crippen LogP contribution in [0.3, 0.4) is 0 Å². The van der Waals surface area contributed by atoms with E-state index < -0.39 is 6.10 Å². The van der Waals surface area contributed by atoms with E-state index in [0.717, 1.165) is 0 Å². The molecule has 1 aromatic rings. The Morgan fingerprint density at radius 2 is 2.17 bits per heavy atom. The van der Waals surface area contributed by atoms with Crippen molar-refractivity contribution in [2.75, 3.05) is 12.4 Å². The van der Waals surface area contributed by atoms with Gasteiger partial charge in [0.25, 0.3) is 5.91 Å². The van der Waals surface area contributed by atoms with Crippen LogP contribution in [0.5, 0.6) is 0 Å². The summed E-state index contributed by atoms with van der Waals surface area (Å²) >= 11 is 3.21. The summed E-state index contributed by atoms with van der Waals surface area (Å²) in [7, 11) is 1.44. The summed E-state index contributed by atoms with van der Waals surface area (Å²) in [6.07, 6.45) is -0.248. The number of aromatic nitrogens is 1. The molecule has 0 aromatic carbocycles. The number of ether oxygens (including phenoxy) is 1. The van der Waals surface area contributed by atoms with Gasteiger partial charge in [-0.1, -0.05) is 6.92 Å². The molecule has 0 saturated carbocycles. The molecule has 1 unspecified atom stereocenters. The average molecular weight is 315 g/mol. The van der Waals surface area contributed by atoms with Gasteiger partial charge in [-0.05, 0) is 35.0 Å². The zero-order chi connectivity index (χ0) is 13.7. The number of ketones is 1. The summed E-state index contributed by atoms with van der Waals surface area (Å²) in [5.74, 6) is -0.159. The molecule has 1 aromatic heterocycles. The maximum Gasteiger partial charge on any atom is 0.254 e. The van der Waals surface area contributed by atoms with Crippen LogP contribution in [0.1, 0.15) is 30.6 Å². The summed E-state index contributed by atoms with van der Waals surface area (Å²) in [6.45, 7) is 3.38. The second-order valence-electron chi connectivity index (χ2n) is 3.67. The fraction of sp³-hybridized carbons (Fsp3) is 0.417. The van der Waals surface area contributed by atoms with Gasteiger partial charge < -0.3 is 10.1 Å². The van der Waals surface area contributed by atoms with Crippen molar-refractivity contribution in [3.63, 3.8) is 0 Å². The number of carbonyl (C=O) groups is 2. The molecule has 0 aliphatic carbocycles. The van der Waals surface area contributed by atoms with Crippen LogP contribution in [-0.4, -0.2) is 29.9 Å². The van der Waals surface area contributed by atoms with E-state index in [2.05, 4.69) is 26.2 Å². The Bertz CT molecular complexity index is 463. The van der Waals surface area contributed by atoms with Gasteiger partial charge in [0.1, 0.15) is 16.5 Å². The number of hydrogen-bond donors (Lipinski definition) is 1. The molecule has 0 saturated heterocycles. The molecule has 1 N–H and O–H groups in total. The maximum absolute atomic E-state index is 11.7. The molecule has 0 fully saturated rings. The number of hydrogen-bond acceptors (Lipinski definition) is 4. The summed E-state index contributed by atoms with van der Waals surface area (Å²) in [5, 5.41) is 2.59. The predicted octanol–water partition coefficient (Wildman–Crippen LogP) is 2.41. The summed E-state index contributed by atoms with van der Waals surface area (Å²) < 4.78 is 5.46. The van der Waals surface area contributed by atoms with Crippen LogP contribution in [0.15, 0.2) is 16.7 Å². The molecule has 98 valence electrons. The van der Waals surface area contributed by atoms with Gasteiger partial charge in [-0.2, -0.15) is 0 Å². The molecule has 18 heavy (non-hydrogen) atoms. The van der Waals surface area contributed by atoms with Crippen molar-refractivity contribution in [2.24, 2.45) is 0 Å². The highest BCUT2D eigenvalue weighted by atomic mass is 79.9. The predicted molar refractivity (Wildman–Crippen MR) is 71.7 cm³/mol. The SMILES string of the molecule is CCC(=O)c1ccc(Br)nc1NC(=O)C(C)OC. The highest BCUT2D eigenvalue weighted by molar-refractivity contribution is 9.10. The first-order valence-corrected chi connectivity index (χ1v) is 6.32. The van der Waals surface area contributed by atoms with Gasteiger partial charge in [0.05, 0.1) is 5.56 Å². The lowest BCUT2D eigenvalue weighted by atomic mass is 10.1. The van der Waals surface area contributed by atoms with E-state index >= 15 is 0 Å². The number of nitrogens with one attached hydrogen (secondary N) is 1. The van der Waals surface area contributed by atoms with E-state index in [1.54, 1.807) is 26.0 Å². The third-order valence-corrected chi connectivity index (χ3v) is 2.89. The van der Waals surface area contributed by atoms with Gasteiger partial charge >= 0.3 is 0 Å². The molecule has 6 heteroatoms. The first-order valence-electron chi connectivity index (χ1n) is 5.53. The van der Waals surface area contributed by atoms with Crippen LogP contribution in [0.25, 0.3) is 0 Å². The number of Topliss-reactive ketones (excluding diaryl/α,β-unsaturated/α-hetero) is 1. The molecule has 5 nitrogen and oxygen atoms in total. The molecule has 0 radical (unpaired) electrons. The first kappa shape index (κ1) is 14.8. The molecule has 0 bridgehead atoms. The molecule has 1 atom stereocenters. The molecular weight excluding hydrogens is 300 g/mol. The number of methoxy groups -OCH3 is 1. The van der Waals surface area contributed by atoms with Crippen molar-refractivity contribution >= 4 is 33.4 Å². The Morgan fingerprint density at radius 3 is 2.72 bits per heavy atom. The second-order valence-corrected chi connectivity index (χ2v) is 4.49. The lowest BCUT2D eigenvalue weighted by Gasteiger charge is -2.12. The van der Waals surface area contributed by atoms with E-state index in [0.29, 0.717) is 16.6 Å². The number of rotatable bonds is 5. The molecule has 0 aliphatic rings. The van der Waals surface area contributed by atoms with E-state index in [1.165, 1.54) is 7.11 Å². The summed E-state index contributed by atoms with van der Waals surface area (Å²) in [6, 6.07) is 3.30. The largest absolute Gasteiger partial charge is 0.372 e. The minimum atomic E-state index is -0.602. The number of carbonyl (C=O) groups excluding carboxylic acids is 2. The number of anilines is 1. The van der Waals surface area contributed by atoms with E-state index in [1.807, 2.05) is 0 Å². The van der Waals surface area contributed by atoms with Crippen molar-refractivity contribution < 1.29 is 14.3 Å². The normalized spacial score (nSPS) is 12.0. The Labute approximate surface area is 114 Å². The van der Waals surface area contributed by atoms with Gasteiger partial charge in [-0.3, -0.25) is 9.59 Å². The lowest BCUT2D eigenvalue weighted by molar-refractivity contribution is -0.124. The zero-order valence-electron chi connectivity index (χ0n) is 10.5. The van der Waals surface area contributed by atoms with Gasteiger partial charge in [0.15, 0.2) is 5.78 Å². The van der Waals surface area contributed by atoms with Crippen LogP contribution in [-0.2, 0) is 9.53 Å². The molecule has 1 rings (SSSR count). The quantitative estimate of drug-likeness (QED) is 0.669. The minimum Gasteiger partial charge on any atom is -0.372 e. The van der Waals surface area contributed by atoms with Crippen LogP contribution >= 0.6 is 15.9 Å². The van der Waals surface area contributed by atoms with Crippen LogP contribution in [0, 0.1) is 0 Å². The Hall–Kier alpha value is -1.27. The van der Waals surface area contributed by atoms with E-state index in [-0.39, 0.29) is 17.5 Å². The van der Waals surface area contributed by atoms with Crippen LogP contribution < -0.4 is 5.32 Å². The van der Waals surface area contributed by atoms with Crippen LogP contribution in [0.4, 0.5) is 5.82 Å². The molecule has 0 spiro atoms. The number of pyridine rings is 1. The summed E-state index contributed by atoms with van der Waals surface area (Å²) in [5.41, 5.74) is 0.400. The molecular formula is C12H15BrN2O3. The van der Waals surface area contributed by atoms with Gasteiger partial charge in [0, 0.05) is 13.5 Å². The fourth-order valence-electron chi connectivity index (χ4n) is 1.27. The molecule has 0 aliphatic heterocycles. The lowest BCUT2D eigenvalue weighted by Crippen LogP contribution is -2.28. The number of nitrogens with zero attached hydrogens (tertiary/aromatic N) is 1. The van der Waals surface area contributed by atoms with Crippen molar-refractivity contribution in [3.05, 3.63) is 22.3 Å².